The summed E-state index contributed by atoms with van der Waals surface area (Å²) in [4.78, 5) is 12.5. The quantitative estimate of drug-likeness (QED) is 0.732. The van der Waals surface area contributed by atoms with E-state index in [0.29, 0.717) is 6.42 Å². The van der Waals surface area contributed by atoms with Crippen molar-refractivity contribution in [1.82, 2.24) is 4.72 Å². The Bertz CT molecular complexity index is 440. The molecule has 1 rings (SSSR count). The third kappa shape index (κ3) is 4.45. The van der Waals surface area contributed by atoms with Gasteiger partial charge in [0, 0.05) is 6.54 Å². The van der Waals surface area contributed by atoms with Gasteiger partial charge < -0.3 is 4.74 Å². The van der Waals surface area contributed by atoms with Crippen molar-refractivity contribution in [3.63, 3.8) is 0 Å². The second-order valence-electron chi connectivity index (χ2n) is 6.14. The Balaban J connectivity index is 2.75. The zero-order chi connectivity index (χ0) is 15.4. The molecule has 0 radical (unpaired) electrons. The molecule has 5 nitrogen and oxygen atoms in total. The first-order valence-electron chi connectivity index (χ1n) is 7.34. The van der Waals surface area contributed by atoms with Crippen LogP contribution in [0, 0.1) is 5.41 Å². The van der Waals surface area contributed by atoms with Crippen molar-refractivity contribution in [1.29, 1.82) is 0 Å². The number of sulfonamides is 1. The van der Waals surface area contributed by atoms with Gasteiger partial charge >= 0.3 is 5.97 Å². The minimum Gasteiger partial charge on any atom is -0.459 e. The monoisotopic (exact) mass is 305 g/mol. The summed E-state index contributed by atoms with van der Waals surface area (Å²) in [5, 5.41) is 0. The summed E-state index contributed by atoms with van der Waals surface area (Å²) < 4.78 is 30.7. The second kappa shape index (κ2) is 6.43. The van der Waals surface area contributed by atoms with Crippen molar-refractivity contribution in [2.45, 2.75) is 64.9 Å². The number of ether oxygens (including phenoxy) is 1. The first-order valence-corrected chi connectivity index (χ1v) is 9.24. The van der Waals surface area contributed by atoms with Gasteiger partial charge in [0.05, 0.1) is 11.7 Å². The van der Waals surface area contributed by atoms with E-state index in [1.807, 2.05) is 13.8 Å². The van der Waals surface area contributed by atoms with Crippen LogP contribution in [-0.4, -0.2) is 32.8 Å². The standard InChI is InChI=1S/C14H27NO4S/c1-5-13(3,11-15-20(4,17)18)12(16)19-14(6-2)9-7-8-10-14/h15H,5-11H2,1-4H3. The van der Waals surface area contributed by atoms with Crippen molar-refractivity contribution >= 4 is 16.0 Å². The Labute approximate surface area is 122 Å². The number of nitrogens with one attached hydrogen (secondary N) is 1. The lowest BCUT2D eigenvalue weighted by molar-refractivity contribution is -0.171. The van der Waals surface area contributed by atoms with E-state index in [9.17, 15) is 13.2 Å². The van der Waals surface area contributed by atoms with E-state index >= 15 is 0 Å². The topological polar surface area (TPSA) is 72.5 Å². The first-order chi connectivity index (χ1) is 9.16. The average molecular weight is 305 g/mol. The molecule has 0 aromatic rings. The van der Waals surface area contributed by atoms with Gasteiger partial charge in [0.1, 0.15) is 5.60 Å². The van der Waals surface area contributed by atoms with Crippen LogP contribution in [0.4, 0.5) is 0 Å². The van der Waals surface area contributed by atoms with E-state index in [4.69, 9.17) is 4.74 Å². The summed E-state index contributed by atoms with van der Waals surface area (Å²) in [6.45, 7) is 5.75. The van der Waals surface area contributed by atoms with Crippen molar-refractivity contribution in [3.05, 3.63) is 0 Å². The Morgan fingerprint density at radius 3 is 2.25 bits per heavy atom. The van der Waals surface area contributed by atoms with E-state index in [0.717, 1.165) is 38.4 Å². The molecule has 0 bridgehead atoms. The van der Waals surface area contributed by atoms with Crippen LogP contribution in [0.2, 0.25) is 0 Å². The molecule has 1 aliphatic carbocycles. The Morgan fingerprint density at radius 2 is 1.85 bits per heavy atom. The number of hydrogen-bond acceptors (Lipinski definition) is 4. The molecule has 118 valence electrons. The maximum absolute atomic E-state index is 12.5. The van der Waals surface area contributed by atoms with Crippen LogP contribution >= 0.6 is 0 Å². The van der Waals surface area contributed by atoms with Crippen LogP contribution in [0.5, 0.6) is 0 Å². The van der Waals surface area contributed by atoms with Crippen molar-refractivity contribution < 1.29 is 17.9 Å². The van der Waals surface area contributed by atoms with Crippen LogP contribution in [-0.2, 0) is 19.6 Å². The molecule has 1 fully saturated rings. The van der Waals surface area contributed by atoms with Gasteiger partial charge in [-0.3, -0.25) is 4.79 Å². The van der Waals surface area contributed by atoms with E-state index in [-0.39, 0.29) is 18.1 Å². The molecule has 0 aromatic heterocycles. The third-order valence-corrected chi connectivity index (χ3v) is 5.13. The number of carbonyl (C=O) groups is 1. The molecule has 1 saturated carbocycles. The summed E-state index contributed by atoms with van der Waals surface area (Å²) in [6, 6.07) is 0. The van der Waals surface area contributed by atoms with Gasteiger partial charge in [0.2, 0.25) is 10.0 Å². The molecule has 20 heavy (non-hydrogen) atoms. The largest absolute Gasteiger partial charge is 0.459 e. The van der Waals surface area contributed by atoms with Gasteiger partial charge in [-0.2, -0.15) is 0 Å². The maximum atomic E-state index is 12.5. The fraction of sp³-hybridized carbons (Fsp3) is 0.929. The van der Waals surface area contributed by atoms with Crippen molar-refractivity contribution in [3.8, 4) is 0 Å². The highest BCUT2D eigenvalue weighted by molar-refractivity contribution is 7.88. The highest BCUT2D eigenvalue weighted by atomic mass is 32.2. The molecule has 1 unspecified atom stereocenters. The lowest BCUT2D eigenvalue weighted by Gasteiger charge is -2.34. The SMILES string of the molecule is CCC1(OC(=O)C(C)(CC)CNS(C)(=O)=O)CCCC1. The van der Waals surface area contributed by atoms with Gasteiger partial charge in [0.25, 0.3) is 0 Å². The Hall–Kier alpha value is -0.620. The normalized spacial score (nSPS) is 21.4. The highest BCUT2D eigenvalue weighted by Crippen LogP contribution is 2.38. The van der Waals surface area contributed by atoms with Crippen LogP contribution in [0.15, 0.2) is 0 Å². The zero-order valence-electron chi connectivity index (χ0n) is 13.0. The van der Waals surface area contributed by atoms with E-state index in [2.05, 4.69) is 4.72 Å². The smallest absolute Gasteiger partial charge is 0.313 e. The van der Waals surface area contributed by atoms with Crippen LogP contribution in [0.3, 0.4) is 0 Å². The highest BCUT2D eigenvalue weighted by Gasteiger charge is 2.41. The van der Waals surface area contributed by atoms with Gasteiger partial charge in [0.15, 0.2) is 0 Å². The Morgan fingerprint density at radius 1 is 1.30 bits per heavy atom. The molecule has 0 amide bonds. The summed E-state index contributed by atoms with van der Waals surface area (Å²) in [5.41, 5.74) is -1.15. The van der Waals surface area contributed by atoms with E-state index in [1.54, 1.807) is 6.92 Å². The lowest BCUT2D eigenvalue weighted by Crippen LogP contribution is -2.45. The molecular weight excluding hydrogens is 278 g/mol. The zero-order valence-corrected chi connectivity index (χ0v) is 13.8. The predicted molar refractivity (Wildman–Crippen MR) is 78.8 cm³/mol. The fourth-order valence-corrected chi connectivity index (χ4v) is 3.08. The molecule has 1 N–H and O–H groups in total. The molecule has 1 aliphatic rings. The number of esters is 1. The molecular formula is C14H27NO4S. The number of rotatable bonds is 7. The average Bonchev–Trinajstić information content (AvgIpc) is 2.84. The summed E-state index contributed by atoms with van der Waals surface area (Å²) in [7, 11) is -3.31. The lowest BCUT2D eigenvalue weighted by atomic mass is 9.87. The summed E-state index contributed by atoms with van der Waals surface area (Å²) >= 11 is 0. The number of carbonyl (C=O) groups excluding carboxylic acids is 1. The fourth-order valence-electron chi connectivity index (χ4n) is 2.50. The third-order valence-electron chi connectivity index (χ3n) is 4.47. The maximum Gasteiger partial charge on any atom is 0.313 e. The molecule has 0 saturated heterocycles. The van der Waals surface area contributed by atoms with Crippen molar-refractivity contribution in [2.24, 2.45) is 5.41 Å². The van der Waals surface area contributed by atoms with E-state index < -0.39 is 15.4 Å². The van der Waals surface area contributed by atoms with Crippen LogP contribution in [0.25, 0.3) is 0 Å². The second-order valence-corrected chi connectivity index (χ2v) is 7.97. The van der Waals surface area contributed by atoms with Gasteiger partial charge in [-0.15, -0.1) is 0 Å². The minimum atomic E-state index is -3.31. The first kappa shape index (κ1) is 17.4. The number of hydrogen-bond donors (Lipinski definition) is 1. The Kier molecular flexibility index (Phi) is 5.61. The molecule has 1 atom stereocenters. The van der Waals surface area contributed by atoms with Crippen LogP contribution < -0.4 is 4.72 Å². The van der Waals surface area contributed by atoms with E-state index in [1.165, 1.54) is 0 Å². The molecule has 6 heteroatoms. The van der Waals surface area contributed by atoms with Gasteiger partial charge in [-0.05, 0) is 45.4 Å². The summed E-state index contributed by atoms with van der Waals surface area (Å²) in [5.74, 6) is -0.292. The summed E-state index contributed by atoms with van der Waals surface area (Å²) in [6.07, 6.45) is 6.45. The molecule has 0 aromatic carbocycles. The van der Waals surface area contributed by atoms with Gasteiger partial charge in [-0.25, -0.2) is 13.1 Å². The molecule has 0 heterocycles. The minimum absolute atomic E-state index is 0.0843. The van der Waals surface area contributed by atoms with Crippen LogP contribution in [0.1, 0.15) is 59.3 Å². The predicted octanol–water partition coefficient (Wildman–Crippen LogP) is 2.22. The van der Waals surface area contributed by atoms with Crippen molar-refractivity contribution in [2.75, 3.05) is 12.8 Å². The van der Waals surface area contributed by atoms with Gasteiger partial charge in [-0.1, -0.05) is 13.8 Å². The molecule has 0 aliphatic heterocycles. The molecule has 0 spiro atoms.